The molecule has 0 radical (unpaired) electrons. The van der Waals surface area contributed by atoms with E-state index in [1.165, 1.54) is 20.3 Å². The molecule has 1 aromatic carbocycles. The van der Waals surface area contributed by atoms with Gasteiger partial charge in [-0.25, -0.2) is 0 Å². The van der Waals surface area contributed by atoms with Crippen LogP contribution in [0.4, 0.5) is 0 Å². The van der Waals surface area contributed by atoms with Crippen molar-refractivity contribution in [2.24, 2.45) is 0 Å². The van der Waals surface area contributed by atoms with Gasteiger partial charge >= 0.3 is 0 Å². The summed E-state index contributed by atoms with van der Waals surface area (Å²) < 4.78 is 21.8. The minimum Gasteiger partial charge on any atom is -0.497 e. The Hall–Kier alpha value is -2.05. The number of methoxy groups -OCH3 is 2. The van der Waals surface area contributed by atoms with Gasteiger partial charge in [0.2, 0.25) is 0 Å². The summed E-state index contributed by atoms with van der Waals surface area (Å²) in [5, 5.41) is 10.1. The van der Waals surface area contributed by atoms with E-state index in [1.807, 2.05) is 0 Å². The Morgan fingerprint density at radius 3 is 2.85 bits per heavy atom. The fourth-order valence-corrected chi connectivity index (χ4v) is 2.35. The van der Waals surface area contributed by atoms with Gasteiger partial charge in [0.1, 0.15) is 11.9 Å². The van der Waals surface area contributed by atoms with Crippen LogP contribution in [0.5, 0.6) is 17.2 Å². The highest BCUT2D eigenvalue weighted by Crippen LogP contribution is 2.45. The molecular weight excluding hydrogens is 264 g/mol. The molecule has 1 heterocycles. The topological polar surface area (TPSA) is 74.2 Å². The second kappa shape index (κ2) is 4.50. The smallest absolute Gasteiger partial charge is 0.296 e. The van der Waals surface area contributed by atoms with E-state index in [1.54, 1.807) is 18.2 Å². The molecule has 2 aliphatic rings. The zero-order chi connectivity index (χ0) is 14.3. The third kappa shape index (κ3) is 1.76. The van der Waals surface area contributed by atoms with E-state index in [2.05, 4.69) is 0 Å². The number of hydrogen-bond acceptors (Lipinski definition) is 6. The third-order valence-electron chi connectivity index (χ3n) is 3.40. The molecule has 1 aliphatic heterocycles. The lowest BCUT2D eigenvalue weighted by atomic mass is 9.94. The molecule has 0 aromatic heterocycles. The lowest BCUT2D eigenvalue weighted by Gasteiger charge is -2.42. The van der Waals surface area contributed by atoms with E-state index in [0.29, 0.717) is 17.2 Å². The maximum Gasteiger partial charge on any atom is 0.296 e. The molecule has 2 atom stereocenters. The number of ether oxygens (including phenoxy) is 4. The van der Waals surface area contributed by atoms with Gasteiger partial charge in [-0.1, -0.05) is 0 Å². The lowest BCUT2D eigenvalue weighted by molar-refractivity contribution is -0.224. The van der Waals surface area contributed by atoms with E-state index in [9.17, 15) is 9.90 Å². The van der Waals surface area contributed by atoms with Crippen molar-refractivity contribution in [2.75, 3.05) is 14.2 Å². The Morgan fingerprint density at radius 2 is 2.15 bits per heavy atom. The number of aliphatic hydroxyl groups excluding tert-OH is 1. The van der Waals surface area contributed by atoms with Crippen molar-refractivity contribution in [3.8, 4) is 17.2 Å². The molecule has 3 rings (SSSR count). The van der Waals surface area contributed by atoms with E-state index in [-0.39, 0.29) is 18.0 Å². The molecule has 0 spiro atoms. The first kappa shape index (κ1) is 13.0. The largest absolute Gasteiger partial charge is 0.497 e. The van der Waals surface area contributed by atoms with Crippen LogP contribution in [0.1, 0.15) is 6.42 Å². The average Bonchev–Trinajstić information content (AvgIpc) is 2.44. The van der Waals surface area contributed by atoms with Gasteiger partial charge in [0, 0.05) is 25.7 Å². The molecule has 6 heteroatoms. The first-order valence-electron chi connectivity index (χ1n) is 6.12. The summed E-state index contributed by atoms with van der Waals surface area (Å²) in [7, 11) is 2.93. The van der Waals surface area contributed by atoms with Crippen LogP contribution in [-0.4, -0.2) is 37.0 Å². The fourth-order valence-electron chi connectivity index (χ4n) is 2.35. The minimum atomic E-state index is -1.48. The highest BCUT2D eigenvalue weighted by atomic mass is 16.7. The molecule has 1 aromatic rings. The van der Waals surface area contributed by atoms with Crippen LogP contribution in [-0.2, 0) is 9.53 Å². The summed E-state index contributed by atoms with van der Waals surface area (Å²) in [5.41, 5.74) is 0. The van der Waals surface area contributed by atoms with Gasteiger partial charge in [-0.3, -0.25) is 4.79 Å². The number of rotatable bonds is 2. The predicted molar refractivity (Wildman–Crippen MR) is 67.7 cm³/mol. The van der Waals surface area contributed by atoms with Crippen molar-refractivity contribution in [3.05, 3.63) is 30.0 Å². The van der Waals surface area contributed by atoms with Crippen molar-refractivity contribution in [2.45, 2.75) is 18.3 Å². The quantitative estimate of drug-likeness (QED) is 0.871. The minimum absolute atomic E-state index is 0.0772. The Balaban J connectivity index is 2.09. The molecule has 0 fully saturated rings. The molecule has 20 heavy (non-hydrogen) atoms. The normalized spacial score (nSPS) is 27.6. The number of hydrogen-bond donors (Lipinski definition) is 1. The van der Waals surface area contributed by atoms with Crippen molar-refractivity contribution in [3.63, 3.8) is 0 Å². The number of fused-ring (bicyclic) bond motifs is 2. The molecule has 6 nitrogen and oxygen atoms in total. The SMILES string of the molecule is COc1ccc2c(c1)OC1=CC(=O)C[C@H](O)[C@@]1(OC)O2. The molecule has 0 saturated heterocycles. The monoisotopic (exact) mass is 278 g/mol. The van der Waals surface area contributed by atoms with Crippen LogP contribution in [0.25, 0.3) is 0 Å². The van der Waals surface area contributed by atoms with Gasteiger partial charge < -0.3 is 24.1 Å². The van der Waals surface area contributed by atoms with Crippen LogP contribution in [0.2, 0.25) is 0 Å². The van der Waals surface area contributed by atoms with Gasteiger partial charge in [-0.2, -0.15) is 0 Å². The fraction of sp³-hybridized carbons (Fsp3) is 0.357. The molecular formula is C14H14O6. The average molecular weight is 278 g/mol. The maximum absolute atomic E-state index is 11.6. The van der Waals surface area contributed by atoms with E-state index < -0.39 is 11.9 Å². The predicted octanol–water partition coefficient (Wildman–Crippen LogP) is 1.03. The second-order valence-corrected chi connectivity index (χ2v) is 4.58. The summed E-state index contributed by atoms with van der Waals surface area (Å²) in [4.78, 5) is 11.6. The Morgan fingerprint density at radius 1 is 1.35 bits per heavy atom. The summed E-state index contributed by atoms with van der Waals surface area (Å²) in [5.74, 6) is -0.154. The molecule has 0 bridgehead atoms. The Kier molecular flexibility index (Phi) is 2.92. The highest BCUT2D eigenvalue weighted by molar-refractivity contribution is 5.92. The van der Waals surface area contributed by atoms with Gasteiger partial charge in [-0.15, -0.1) is 0 Å². The highest BCUT2D eigenvalue weighted by Gasteiger charge is 2.53. The number of allylic oxidation sites excluding steroid dienone is 1. The van der Waals surface area contributed by atoms with Crippen molar-refractivity contribution in [1.29, 1.82) is 0 Å². The van der Waals surface area contributed by atoms with Crippen molar-refractivity contribution in [1.82, 2.24) is 0 Å². The van der Waals surface area contributed by atoms with E-state index in [4.69, 9.17) is 18.9 Å². The second-order valence-electron chi connectivity index (χ2n) is 4.58. The zero-order valence-electron chi connectivity index (χ0n) is 11.1. The van der Waals surface area contributed by atoms with Crippen molar-refractivity contribution < 1.29 is 28.8 Å². The Bertz CT molecular complexity index is 593. The summed E-state index contributed by atoms with van der Waals surface area (Å²) in [6, 6.07) is 5.01. The number of carbonyl (C=O) groups excluding carboxylic acids is 1. The maximum atomic E-state index is 11.6. The molecule has 0 amide bonds. The number of carbonyl (C=O) groups is 1. The van der Waals surface area contributed by atoms with E-state index >= 15 is 0 Å². The van der Waals surface area contributed by atoms with Crippen LogP contribution >= 0.6 is 0 Å². The molecule has 1 aliphatic carbocycles. The van der Waals surface area contributed by atoms with Crippen LogP contribution in [0.3, 0.4) is 0 Å². The first-order valence-corrected chi connectivity index (χ1v) is 6.12. The summed E-state index contributed by atoms with van der Waals surface area (Å²) in [6.45, 7) is 0. The third-order valence-corrected chi connectivity index (χ3v) is 3.40. The van der Waals surface area contributed by atoms with Gasteiger partial charge in [0.25, 0.3) is 5.79 Å². The summed E-state index contributed by atoms with van der Waals surface area (Å²) >= 11 is 0. The van der Waals surface area contributed by atoms with E-state index in [0.717, 1.165) is 0 Å². The van der Waals surface area contributed by atoms with Crippen molar-refractivity contribution >= 4 is 5.78 Å². The molecule has 0 saturated carbocycles. The van der Waals surface area contributed by atoms with Gasteiger partial charge in [0.15, 0.2) is 23.0 Å². The summed E-state index contributed by atoms with van der Waals surface area (Å²) in [6.07, 6.45) is 0.0837. The molecule has 106 valence electrons. The zero-order valence-corrected chi connectivity index (χ0v) is 11.1. The van der Waals surface area contributed by atoms with Gasteiger partial charge in [0.05, 0.1) is 7.11 Å². The van der Waals surface area contributed by atoms with Gasteiger partial charge in [-0.05, 0) is 12.1 Å². The first-order chi connectivity index (χ1) is 9.59. The standard InChI is InChI=1S/C14H14O6/c1-17-9-3-4-10-11(7-9)19-13-6-8(15)5-12(16)14(13,18-2)20-10/h3-4,6-7,12,16H,5H2,1-2H3/t12-,14+/m0/s1. The Labute approximate surface area is 115 Å². The number of benzene rings is 1. The molecule has 1 N–H and O–H groups in total. The number of aliphatic hydroxyl groups is 1. The number of ketones is 1. The van der Waals surface area contributed by atoms with Crippen LogP contribution < -0.4 is 14.2 Å². The van der Waals surface area contributed by atoms with Crippen LogP contribution in [0.15, 0.2) is 30.0 Å². The molecule has 0 unspecified atom stereocenters. The van der Waals surface area contributed by atoms with Crippen LogP contribution in [0, 0.1) is 0 Å². The lowest BCUT2D eigenvalue weighted by Crippen LogP contribution is -2.56.